The van der Waals surface area contributed by atoms with Crippen molar-refractivity contribution in [2.45, 2.75) is 11.8 Å². The van der Waals surface area contributed by atoms with Gasteiger partial charge < -0.3 is 15.1 Å². The Morgan fingerprint density at radius 3 is 2.39 bits per heavy atom. The molecule has 0 atom stereocenters. The van der Waals surface area contributed by atoms with Crippen molar-refractivity contribution in [3.63, 3.8) is 0 Å². The highest BCUT2D eigenvalue weighted by atomic mass is 35.5. The van der Waals surface area contributed by atoms with Crippen LogP contribution in [0.2, 0.25) is 5.02 Å². The van der Waals surface area contributed by atoms with Gasteiger partial charge in [-0.05, 0) is 24.3 Å². The number of carbonyl (C=O) groups is 1. The molecule has 1 aliphatic heterocycles. The second kappa shape index (κ2) is 9.03. The van der Waals surface area contributed by atoms with E-state index < -0.39 is 0 Å². The van der Waals surface area contributed by atoms with Gasteiger partial charge in [0.2, 0.25) is 5.91 Å². The number of nitrogens with zero attached hydrogens (tertiary/aromatic N) is 3. The van der Waals surface area contributed by atoms with E-state index in [2.05, 4.69) is 15.2 Å². The number of piperazine rings is 1. The van der Waals surface area contributed by atoms with Crippen LogP contribution in [0.1, 0.15) is 6.92 Å². The van der Waals surface area contributed by atoms with Crippen molar-refractivity contribution in [3.8, 4) is 0 Å². The van der Waals surface area contributed by atoms with E-state index in [0.29, 0.717) is 0 Å². The molecule has 2 rings (SSSR count). The summed E-state index contributed by atoms with van der Waals surface area (Å²) in [6, 6.07) is 7.88. The first-order valence-corrected chi connectivity index (χ1v) is 9.06. The molecule has 0 spiro atoms. The molecule has 1 aliphatic rings. The Balaban J connectivity index is 1.71. The van der Waals surface area contributed by atoms with E-state index in [4.69, 9.17) is 11.6 Å². The number of guanidine groups is 1. The normalized spacial score (nSPS) is 15.7. The molecule has 0 bridgehead atoms. The Hall–Kier alpha value is -1.40. The number of hydrogen-bond donors (Lipinski definition) is 1. The maximum atomic E-state index is 11.4. The van der Waals surface area contributed by atoms with Gasteiger partial charge >= 0.3 is 0 Å². The van der Waals surface area contributed by atoms with Crippen molar-refractivity contribution in [3.05, 3.63) is 29.3 Å². The van der Waals surface area contributed by atoms with Crippen LogP contribution in [0.25, 0.3) is 0 Å². The molecule has 1 aromatic rings. The molecule has 1 amide bonds. The maximum Gasteiger partial charge on any atom is 0.219 e. The lowest BCUT2D eigenvalue weighted by molar-refractivity contribution is -0.130. The van der Waals surface area contributed by atoms with Gasteiger partial charge in [-0.3, -0.25) is 9.79 Å². The molecule has 1 heterocycles. The smallest absolute Gasteiger partial charge is 0.219 e. The molecule has 0 unspecified atom stereocenters. The van der Waals surface area contributed by atoms with Crippen molar-refractivity contribution in [1.82, 2.24) is 15.1 Å². The van der Waals surface area contributed by atoms with Crippen LogP contribution in [0.5, 0.6) is 0 Å². The third-order valence-corrected chi connectivity index (χ3v) is 4.97. The molecule has 7 heteroatoms. The number of thioether (sulfide) groups is 1. The summed E-state index contributed by atoms with van der Waals surface area (Å²) < 4.78 is 0. The monoisotopic (exact) mass is 354 g/mol. The first-order valence-electron chi connectivity index (χ1n) is 7.69. The molecule has 0 aromatic heterocycles. The van der Waals surface area contributed by atoms with Crippen LogP contribution in [-0.2, 0) is 4.79 Å². The fraction of sp³-hybridized carbons (Fsp3) is 0.500. The molecule has 126 valence electrons. The van der Waals surface area contributed by atoms with E-state index in [1.54, 1.807) is 25.7 Å². The van der Waals surface area contributed by atoms with Crippen molar-refractivity contribution < 1.29 is 4.79 Å². The van der Waals surface area contributed by atoms with E-state index in [1.807, 2.05) is 29.2 Å². The number of carbonyl (C=O) groups excluding carboxylic acids is 1. The van der Waals surface area contributed by atoms with Gasteiger partial charge in [0, 0.05) is 62.4 Å². The Bertz CT molecular complexity index is 542. The fourth-order valence-corrected chi connectivity index (χ4v) is 3.32. The molecule has 0 aliphatic carbocycles. The van der Waals surface area contributed by atoms with E-state index in [-0.39, 0.29) is 5.91 Å². The van der Waals surface area contributed by atoms with Crippen LogP contribution < -0.4 is 5.32 Å². The zero-order valence-corrected chi connectivity index (χ0v) is 15.2. The molecule has 1 saturated heterocycles. The summed E-state index contributed by atoms with van der Waals surface area (Å²) in [4.78, 5) is 21.0. The van der Waals surface area contributed by atoms with Crippen LogP contribution in [-0.4, -0.2) is 67.2 Å². The largest absolute Gasteiger partial charge is 0.355 e. The predicted molar refractivity (Wildman–Crippen MR) is 97.4 cm³/mol. The van der Waals surface area contributed by atoms with E-state index in [0.717, 1.165) is 49.5 Å². The van der Waals surface area contributed by atoms with E-state index in [1.165, 1.54) is 4.90 Å². The zero-order valence-electron chi connectivity index (χ0n) is 13.6. The highest BCUT2D eigenvalue weighted by molar-refractivity contribution is 7.99. The summed E-state index contributed by atoms with van der Waals surface area (Å²) in [6.07, 6.45) is 0. The summed E-state index contributed by atoms with van der Waals surface area (Å²) >= 11 is 7.67. The average molecular weight is 355 g/mol. The number of hydrogen-bond acceptors (Lipinski definition) is 3. The second-order valence-electron chi connectivity index (χ2n) is 5.27. The minimum atomic E-state index is 0.145. The second-order valence-corrected chi connectivity index (χ2v) is 6.87. The number of benzene rings is 1. The van der Waals surface area contributed by atoms with Gasteiger partial charge in [0.15, 0.2) is 5.96 Å². The first kappa shape index (κ1) is 17.9. The third kappa shape index (κ3) is 5.62. The lowest BCUT2D eigenvalue weighted by Crippen LogP contribution is -2.53. The van der Waals surface area contributed by atoms with Gasteiger partial charge in [0.25, 0.3) is 0 Å². The van der Waals surface area contributed by atoms with Gasteiger partial charge in [0.05, 0.1) is 0 Å². The first-order chi connectivity index (χ1) is 11.1. The summed E-state index contributed by atoms with van der Waals surface area (Å²) in [5.74, 6) is 2.01. The lowest BCUT2D eigenvalue weighted by atomic mass is 10.3. The predicted octanol–water partition coefficient (Wildman–Crippen LogP) is 2.17. The number of nitrogens with one attached hydrogen (secondary N) is 1. The van der Waals surface area contributed by atoms with Crippen molar-refractivity contribution in [2.75, 3.05) is 45.5 Å². The zero-order chi connectivity index (χ0) is 16.7. The standard InChI is InChI=1S/C16H23ClN4OS/c1-13(22)20-8-10-21(11-9-20)16(18-2)19-7-12-23-15-5-3-14(17)4-6-15/h3-6H,7-12H2,1-2H3,(H,18,19). The molecule has 1 aromatic carbocycles. The van der Waals surface area contributed by atoms with Crippen molar-refractivity contribution >= 4 is 35.2 Å². The summed E-state index contributed by atoms with van der Waals surface area (Å²) in [6.45, 7) is 5.63. The van der Waals surface area contributed by atoms with Gasteiger partial charge in [-0.25, -0.2) is 0 Å². The summed E-state index contributed by atoms with van der Waals surface area (Å²) in [5, 5.41) is 4.15. The van der Waals surface area contributed by atoms with Crippen molar-refractivity contribution in [2.24, 2.45) is 4.99 Å². The molecule has 23 heavy (non-hydrogen) atoms. The molecule has 0 saturated carbocycles. The minimum absolute atomic E-state index is 0.145. The molecule has 1 N–H and O–H groups in total. The van der Waals surface area contributed by atoms with Gasteiger partial charge in [-0.2, -0.15) is 0 Å². The Morgan fingerprint density at radius 1 is 1.22 bits per heavy atom. The average Bonchev–Trinajstić information content (AvgIpc) is 2.57. The van der Waals surface area contributed by atoms with Crippen LogP contribution >= 0.6 is 23.4 Å². The quantitative estimate of drug-likeness (QED) is 0.389. The van der Waals surface area contributed by atoms with Crippen LogP contribution in [0.15, 0.2) is 34.2 Å². The Labute approximate surface area is 147 Å². The molecule has 5 nitrogen and oxygen atoms in total. The van der Waals surface area contributed by atoms with Crippen LogP contribution in [0, 0.1) is 0 Å². The third-order valence-electron chi connectivity index (χ3n) is 3.70. The summed E-state index contributed by atoms with van der Waals surface area (Å²) in [5.41, 5.74) is 0. The highest BCUT2D eigenvalue weighted by Gasteiger charge is 2.20. The molecular formula is C16H23ClN4OS. The maximum absolute atomic E-state index is 11.4. The van der Waals surface area contributed by atoms with Gasteiger partial charge in [-0.1, -0.05) is 11.6 Å². The van der Waals surface area contributed by atoms with Crippen molar-refractivity contribution in [1.29, 1.82) is 0 Å². The van der Waals surface area contributed by atoms with Crippen LogP contribution in [0.3, 0.4) is 0 Å². The Kier molecular flexibility index (Phi) is 7.05. The number of amides is 1. The fourth-order valence-electron chi connectivity index (χ4n) is 2.43. The molecule has 0 radical (unpaired) electrons. The minimum Gasteiger partial charge on any atom is -0.355 e. The Morgan fingerprint density at radius 2 is 1.83 bits per heavy atom. The number of aliphatic imine (C=N–C) groups is 1. The van der Waals surface area contributed by atoms with Gasteiger partial charge in [-0.15, -0.1) is 11.8 Å². The van der Waals surface area contributed by atoms with E-state index in [9.17, 15) is 4.79 Å². The molecular weight excluding hydrogens is 332 g/mol. The topological polar surface area (TPSA) is 47.9 Å². The number of rotatable bonds is 4. The van der Waals surface area contributed by atoms with Gasteiger partial charge in [0.1, 0.15) is 0 Å². The number of halogens is 1. The molecule has 1 fully saturated rings. The van der Waals surface area contributed by atoms with E-state index >= 15 is 0 Å². The SMILES string of the molecule is CN=C(NCCSc1ccc(Cl)cc1)N1CCN(C(C)=O)CC1. The highest BCUT2D eigenvalue weighted by Crippen LogP contribution is 2.19. The van der Waals surface area contributed by atoms with Crippen LogP contribution in [0.4, 0.5) is 0 Å². The lowest BCUT2D eigenvalue weighted by Gasteiger charge is -2.36. The summed E-state index contributed by atoms with van der Waals surface area (Å²) in [7, 11) is 1.80.